The van der Waals surface area contributed by atoms with E-state index in [-0.39, 0.29) is 28.6 Å². The Labute approximate surface area is 327 Å². The zero-order valence-corrected chi connectivity index (χ0v) is 36.3. The summed E-state index contributed by atoms with van der Waals surface area (Å²) in [4.78, 5) is 43.6. The second-order valence-electron chi connectivity index (χ2n) is 12.4. The lowest BCUT2D eigenvalue weighted by atomic mass is 9.91. The minimum absolute atomic E-state index is 0.0715. The van der Waals surface area contributed by atoms with Crippen molar-refractivity contribution in [1.82, 2.24) is 0 Å². The molecule has 0 radical (unpaired) electrons. The quantitative estimate of drug-likeness (QED) is 0.103. The first-order valence-electron chi connectivity index (χ1n) is 19.7. The van der Waals surface area contributed by atoms with Crippen LogP contribution in [0.25, 0.3) is 0 Å². The van der Waals surface area contributed by atoms with Gasteiger partial charge in [-0.25, -0.2) is 0 Å². The van der Waals surface area contributed by atoms with Crippen LogP contribution in [-0.4, -0.2) is 42.1 Å². The Hall–Kier alpha value is -3.87. The Balaban J connectivity index is -0.000000511. The SMILES string of the molecule is C/C=C(C(=NC)C(F)(F)F)/C(C)=C/N=C(C)C(=O)Nc1ccc(C(=O)C(C)CCC)c(CC)c1.CC.CCC#N.CCCC.CCCC(CCC)C(C)=O. The van der Waals surface area contributed by atoms with Crippen molar-refractivity contribution in [3.63, 3.8) is 0 Å². The van der Waals surface area contributed by atoms with Gasteiger partial charge in [0.25, 0.3) is 5.91 Å². The molecule has 0 spiro atoms. The highest BCUT2D eigenvalue weighted by molar-refractivity contribution is 6.42. The van der Waals surface area contributed by atoms with Gasteiger partial charge >= 0.3 is 6.18 Å². The van der Waals surface area contributed by atoms with Crippen LogP contribution in [-0.2, 0) is 16.0 Å². The molecule has 1 aromatic carbocycles. The van der Waals surface area contributed by atoms with E-state index in [1.54, 1.807) is 25.1 Å². The van der Waals surface area contributed by atoms with Gasteiger partial charge in [-0.3, -0.25) is 24.4 Å². The number of unbranched alkanes of at least 4 members (excludes halogenated alkanes) is 1. The molecule has 1 amide bonds. The molecule has 54 heavy (non-hydrogen) atoms. The molecule has 1 atom stereocenters. The van der Waals surface area contributed by atoms with E-state index in [0.717, 1.165) is 51.1 Å². The van der Waals surface area contributed by atoms with Gasteiger partial charge in [0.05, 0.1) is 6.07 Å². The van der Waals surface area contributed by atoms with Crippen molar-refractivity contribution in [3.8, 4) is 6.07 Å². The third-order valence-corrected chi connectivity index (χ3v) is 7.93. The molecule has 0 bridgehead atoms. The van der Waals surface area contributed by atoms with E-state index in [9.17, 15) is 27.6 Å². The molecule has 0 saturated carbocycles. The number of aryl methyl sites for hydroxylation is 1. The number of anilines is 1. The molecule has 1 unspecified atom stereocenters. The lowest BCUT2D eigenvalue weighted by Gasteiger charge is -2.14. The maximum Gasteiger partial charge on any atom is 0.433 e. The Kier molecular flexibility index (Phi) is 36.7. The van der Waals surface area contributed by atoms with Gasteiger partial charge in [0.1, 0.15) is 17.2 Å². The number of ketones is 2. The molecule has 0 aliphatic heterocycles. The molecule has 0 saturated heterocycles. The predicted octanol–water partition coefficient (Wildman–Crippen LogP) is 13.3. The zero-order valence-electron chi connectivity index (χ0n) is 36.3. The maximum atomic E-state index is 13.2. The number of alkyl halides is 3. The average molecular weight is 763 g/mol. The molecule has 0 aliphatic carbocycles. The molecule has 1 N–H and O–H groups in total. The normalized spacial score (nSPS) is 12.3. The van der Waals surface area contributed by atoms with Crippen LogP contribution in [0, 0.1) is 23.2 Å². The highest BCUT2D eigenvalue weighted by Crippen LogP contribution is 2.26. The van der Waals surface area contributed by atoms with Crippen molar-refractivity contribution >= 4 is 34.6 Å². The van der Waals surface area contributed by atoms with E-state index >= 15 is 0 Å². The highest BCUT2D eigenvalue weighted by Gasteiger charge is 2.37. The molecule has 0 heterocycles. The minimum Gasteiger partial charge on any atom is -0.321 e. The number of amides is 1. The van der Waals surface area contributed by atoms with E-state index in [2.05, 4.69) is 43.0 Å². The summed E-state index contributed by atoms with van der Waals surface area (Å²) >= 11 is 0. The third kappa shape index (κ3) is 25.2. The van der Waals surface area contributed by atoms with Crippen molar-refractivity contribution in [2.24, 2.45) is 21.8 Å². The first-order chi connectivity index (χ1) is 25.5. The smallest absolute Gasteiger partial charge is 0.321 e. The fraction of sp³-hybridized carbons (Fsp3) is 0.636. The number of benzene rings is 1. The molecule has 0 aliphatic rings. The Bertz CT molecular complexity index is 1360. The zero-order chi connectivity index (χ0) is 42.9. The number of allylic oxidation sites excluding steroid dienone is 3. The van der Waals surface area contributed by atoms with Gasteiger partial charge in [0, 0.05) is 48.3 Å². The molecule has 0 aromatic heterocycles. The summed E-state index contributed by atoms with van der Waals surface area (Å²) in [7, 11) is 1.08. The van der Waals surface area contributed by atoms with Gasteiger partial charge in [-0.2, -0.15) is 18.4 Å². The Morgan fingerprint density at radius 2 is 1.39 bits per heavy atom. The van der Waals surface area contributed by atoms with Crippen molar-refractivity contribution < 1.29 is 27.6 Å². The van der Waals surface area contributed by atoms with Crippen LogP contribution in [0.15, 0.2) is 51.6 Å². The van der Waals surface area contributed by atoms with Crippen LogP contribution in [0.4, 0.5) is 18.9 Å². The summed E-state index contributed by atoms with van der Waals surface area (Å²) in [6.07, 6.45) is 7.96. The summed E-state index contributed by atoms with van der Waals surface area (Å²) in [5.41, 5.74) is 1.21. The number of hydrogen-bond acceptors (Lipinski definition) is 6. The number of aliphatic imine (C=N–C) groups is 2. The highest BCUT2D eigenvalue weighted by atomic mass is 19.4. The van der Waals surface area contributed by atoms with Gasteiger partial charge < -0.3 is 5.32 Å². The number of carbonyl (C=O) groups is 3. The standard InChI is InChI=1S/C26H34F3N3O2.C9H18O.C4H10.C3H5N.C2H6/c1-8-11-16(4)23(33)22-13-12-20(14-19(22)9-2)32-25(34)18(6)31-15-17(5)21(10-3)24(30-7)26(27,28)29;1-4-6-9(7-5-2)8(3)10;1-3-4-2;1-2-3-4;1-2/h10,12-16H,8-9,11H2,1-7H3,(H,32,34);9H,4-7H2,1-3H3;3-4H2,1-2H3;2H2,1H3;1-2H3/b17-15+,21-10-,30-24?,31-18?;;;;. The van der Waals surface area contributed by atoms with Crippen molar-refractivity contribution in [2.45, 2.75) is 167 Å². The molecule has 10 heteroatoms. The Morgan fingerprint density at radius 3 is 1.74 bits per heavy atom. The minimum atomic E-state index is -4.60. The number of rotatable bonds is 16. The number of nitrogens with one attached hydrogen (secondary N) is 1. The summed E-state index contributed by atoms with van der Waals surface area (Å²) in [6.45, 7) is 26.5. The number of halogens is 3. The number of nitriles is 1. The summed E-state index contributed by atoms with van der Waals surface area (Å²) in [5.74, 6) is 0.229. The lowest BCUT2D eigenvalue weighted by Crippen LogP contribution is -2.25. The Morgan fingerprint density at radius 1 is 0.889 bits per heavy atom. The predicted molar refractivity (Wildman–Crippen MR) is 225 cm³/mol. The maximum absolute atomic E-state index is 13.2. The van der Waals surface area contributed by atoms with Crippen LogP contribution in [0.2, 0.25) is 0 Å². The van der Waals surface area contributed by atoms with Gasteiger partial charge in [0.15, 0.2) is 5.78 Å². The second-order valence-corrected chi connectivity index (χ2v) is 12.4. The van der Waals surface area contributed by atoms with Gasteiger partial charge in [-0.15, -0.1) is 0 Å². The number of Topliss-reactive ketones (excluding diaryl/α,β-unsaturated/α-hetero) is 2. The molecule has 1 rings (SSSR count). The monoisotopic (exact) mass is 763 g/mol. The average Bonchev–Trinajstić information content (AvgIpc) is 3.15. The fourth-order valence-corrected chi connectivity index (χ4v) is 4.78. The molecular formula is C44H73F3N4O3. The van der Waals surface area contributed by atoms with Gasteiger partial charge in [-0.05, 0) is 82.7 Å². The molecule has 7 nitrogen and oxygen atoms in total. The fourth-order valence-electron chi connectivity index (χ4n) is 4.78. The van der Waals surface area contributed by atoms with Crippen molar-refractivity contribution in [2.75, 3.05) is 12.4 Å². The van der Waals surface area contributed by atoms with E-state index in [1.165, 1.54) is 45.9 Å². The van der Waals surface area contributed by atoms with Crippen molar-refractivity contribution in [3.05, 3.63) is 52.7 Å². The topological polar surface area (TPSA) is 112 Å². The van der Waals surface area contributed by atoms with Crippen LogP contribution in [0.1, 0.15) is 171 Å². The molecule has 1 aromatic rings. The summed E-state index contributed by atoms with van der Waals surface area (Å²) in [6, 6.07) is 7.09. The van der Waals surface area contributed by atoms with E-state index < -0.39 is 17.8 Å². The lowest BCUT2D eigenvalue weighted by molar-refractivity contribution is -0.121. The summed E-state index contributed by atoms with van der Waals surface area (Å²) < 4.78 is 39.6. The van der Waals surface area contributed by atoms with E-state index in [4.69, 9.17) is 5.26 Å². The van der Waals surface area contributed by atoms with E-state index in [0.29, 0.717) is 35.8 Å². The molecule has 0 fully saturated rings. The number of nitrogens with zero attached hydrogens (tertiary/aromatic N) is 3. The van der Waals surface area contributed by atoms with Crippen LogP contribution < -0.4 is 5.32 Å². The van der Waals surface area contributed by atoms with Gasteiger partial charge in [0.2, 0.25) is 0 Å². The summed E-state index contributed by atoms with van der Waals surface area (Å²) in [5, 5.41) is 10.4. The number of carbonyl (C=O) groups excluding carboxylic acids is 3. The largest absolute Gasteiger partial charge is 0.433 e. The van der Waals surface area contributed by atoms with E-state index in [1.807, 2.05) is 47.6 Å². The van der Waals surface area contributed by atoms with Gasteiger partial charge in [-0.1, -0.05) is 107 Å². The first-order valence-corrected chi connectivity index (χ1v) is 19.7. The molecule has 308 valence electrons. The first kappa shape index (κ1) is 56.9. The van der Waals surface area contributed by atoms with Crippen LogP contribution >= 0.6 is 0 Å². The van der Waals surface area contributed by atoms with Crippen LogP contribution in [0.5, 0.6) is 0 Å². The third-order valence-electron chi connectivity index (χ3n) is 7.93. The van der Waals surface area contributed by atoms with Crippen LogP contribution in [0.3, 0.4) is 0 Å². The second kappa shape index (κ2) is 34.9. The molecular weight excluding hydrogens is 690 g/mol. The number of hydrogen-bond donors (Lipinski definition) is 1. The van der Waals surface area contributed by atoms with Crippen molar-refractivity contribution in [1.29, 1.82) is 5.26 Å².